The zero-order valence-electron chi connectivity index (χ0n) is 11.3. The lowest BCUT2D eigenvalue weighted by molar-refractivity contribution is -0.152. The monoisotopic (exact) mass is 260 g/mol. The third-order valence-electron chi connectivity index (χ3n) is 3.70. The van der Waals surface area contributed by atoms with Gasteiger partial charge >= 0.3 is 5.97 Å². The lowest BCUT2D eigenvalue weighted by Crippen LogP contribution is -2.29. The molecule has 1 fully saturated rings. The number of ether oxygens (including phenoxy) is 1. The highest BCUT2D eigenvalue weighted by atomic mass is 16.5. The number of carbonyl (C=O) groups is 2. The van der Waals surface area contributed by atoms with Crippen molar-refractivity contribution >= 4 is 11.8 Å². The van der Waals surface area contributed by atoms with Crippen LogP contribution in [0, 0.1) is 5.92 Å². The van der Waals surface area contributed by atoms with E-state index in [1.165, 1.54) is 0 Å². The van der Waals surface area contributed by atoms with Crippen LogP contribution in [0.4, 0.5) is 0 Å². The van der Waals surface area contributed by atoms with Crippen LogP contribution in [0.5, 0.6) is 0 Å². The van der Waals surface area contributed by atoms with Crippen LogP contribution >= 0.6 is 0 Å². The molecule has 0 bridgehead atoms. The average molecular weight is 260 g/mol. The van der Waals surface area contributed by atoms with Gasteiger partial charge in [-0.3, -0.25) is 9.59 Å². The van der Waals surface area contributed by atoms with Crippen molar-refractivity contribution in [1.82, 2.24) is 0 Å². The van der Waals surface area contributed by atoms with E-state index < -0.39 is 5.92 Å². The van der Waals surface area contributed by atoms with Crippen molar-refractivity contribution in [3.05, 3.63) is 35.9 Å². The maximum absolute atomic E-state index is 12.6. The molecule has 1 aromatic carbocycles. The number of hydrogen-bond acceptors (Lipinski definition) is 3. The van der Waals surface area contributed by atoms with Crippen molar-refractivity contribution in [2.24, 2.45) is 5.92 Å². The smallest absolute Gasteiger partial charge is 0.316 e. The first-order chi connectivity index (χ1) is 9.24. The van der Waals surface area contributed by atoms with Gasteiger partial charge in [0.2, 0.25) is 0 Å². The van der Waals surface area contributed by atoms with Crippen LogP contribution in [-0.2, 0) is 14.3 Å². The first-order valence-electron chi connectivity index (χ1n) is 6.99. The highest BCUT2D eigenvalue weighted by molar-refractivity contribution is 6.02. The zero-order valence-corrected chi connectivity index (χ0v) is 11.3. The first kappa shape index (κ1) is 13.8. The highest BCUT2D eigenvalue weighted by Gasteiger charge is 2.35. The zero-order chi connectivity index (χ0) is 13.7. The van der Waals surface area contributed by atoms with E-state index in [-0.39, 0.29) is 17.7 Å². The predicted molar refractivity (Wildman–Crippen MR) is 72.8 cm³/mol. The lowest BCUT2D eigenvalue weighted by atomic mass is 9.86. The van der Waals surface area contributed by atoms with E-state index in [1.807, 2.05) is 30.3 Å². The molecule has 0 aliphatic heterocycles. The second kappa shape index (κ2) is 6.50. The van der Waals surface area contributed by atoms with Crippen molar-refractivity contribution in [2.45, 2.75) is 38.5 Å². The fourth-order valence-electron chi connectivity index (χ4n) is 2.72. The first-order valence-corrected chi connectivity index (χ1v) is 6.99. The van der Waals surface area contributed by atoms with E-state index in [0.717, 1.165) is 24.8 Å². The Hall–Kier alpha value is -1.64. The van der Waals surface area contributed by atoms with Gasteiger partial charge in [0.25, 0.3) is 0 Å². The highest BCUT2D eigenvalue weighted by Crippen LogP contribution is 2.32. The van der Waals surface area contributed by atoms with Crippen LogP contribution in [0.1, 0.15) is 44.1 Å². The van der Waals surface area contributed by atoms with Gasteiger partial charge in [-0.2, -0.15) is 0 Å². The molecule has 0 saturated heterocycles. The maximum atomic E-state index is 12.6. The van der Waals surface area contributed by atoms with Crippen molar-refractivity contribution in [2.75, 3.05) is 6.61 Å². The van der Waals surface area contributed by atoms with E-state index in [2.05, 4.69) is 0 Å². The van der Waals surface area contributed by atoms with Crippen LogP contribution in [0.25, 0.3) is 0 Å². The lowest BCUT2D eigenvalue weighted by Gasteiger charge is -2.18. The molecule has 0 heterocycles. The summed E-state index contributed by atoms with van der Waals surface area (Å²) < 4.78 is 5.03. The standard InChI is InChI=1S/C16H20O3/c1-2-19-16(18)14-11-7-6-10-13(15(14)17)12-8-4-3-5-9-12/h3-5,8-9,13-14H,2,6-7,10-11H2,1H3. The number of benzene rings is 1. The van der Waals surface area contributed by atoms with Gasteiger partial charge in [-0.1, -0.05) is 43.2 Å². The Bertz CT molecular complexity index is 439. The molecule has 0 spiro atoms. The Kier molecular flexibility index (Phi) is 4.72. The van der Waals surface area contributed by atoms with Crippen LogP contribution in [0.2, 0.25) is 0 Å². The number of carbonyl (C=O) groups excluding carboxylic acids is 2. The molecule has 1 aliphatic carbocycles. The summed E-state index contributed by atoms with van der Waals surface area (Å²) in [4.78, 5) is 24.5. The summed E-state index contributed by atoms with van der Waals surface area (Å²) in [6, 6.07) is 9.75. The van der Waals surface area contributed by atoms with Crippen LogP contribution in [0.3, 0.4) is 0 Å². The Labute approximate surface area is 114 Å². The van der Waals surface area contributed by atoms with E-state index in [0.29, 0.717) is 13.0 Å². The minimum atomic E-state index is -0.576. The summed E-state index contributed by atoms with van der Waals surface area (Å²) in [5, 5.41) is 0. The minimum Gasteiger partial charge on any atom is -0.465 e. The molecule has 1 saturated carbocycles. The van der Waals surface area contributed by atoms with Gasteiger partial charge in [-0.25, -0.2) is 0 Å². The van der Waals surface area contributed by atoms with Crippen LogP contribution < -0.4 is 0 Å². The molecule has 0 aromatic heterocycles. The SMILES string of the molecule is CCOC(=O)C1CCCCC(c2ccccc2)C1=O. The summed E-state index contributed by atoms with van der Waals surface area (Å²) in [5.41, 5.74) is 1.02. The maximum Gasteiger partial charge on any atom is 0.316 e. The molecule has 0 radical (unpaired) electrons. The quantitative estimate of drug-likeness (QED) is 0.476. The predicted octanol–water partition coefficient (Wildman–Crippen LogP) is 3.09. The number of rotatable bonds is 3. The summed E-state index contributed by atoms with van der Waals surface area (Å²) in [6.45, 7) is 2.10. The average Bonchev–Trinajstić information content (AvgIpc) is 2.62. The normalized spacial score (nSPS) is 23.7. The molecular weight excluding hydrogens is 240 g/mol. The summed E-state index contributed by atoms with van der Waals surface area (Å²) in [5.74, 6) is -1.05. The topological polar surface area (TPSA) is 43.4 Å². The molecule has 1 aromatic rings. The van der Waals surface area contributed by atoms with Crippen LogP contribution in [-0.4, -0.2) is 18.4 Å². The molecule has 2 atom stereocenters. The van der Waals surface area contributed by atoms with Crippen molar-refractivity contribution in [1.29, 1.82) is 0 Å². The van der Waals surface area contributed by atoms with E-state index >= 15 is 0 Å². The number of Topliss-reactive ketones (excluding diaryl/α,β-unsaturated/α-hetero) is 1. The molecule has 1 aliphatic rings. The molecule has 102 valence electrons. The second-order valence-electron chi connectivity index (χ2n) is 4.95. The molecule has 3 nitrogen and oxygen atoms in total. The largest absolute Gasteiger partial charge is 0.465 e. The van der Waals surface area contributed by atoms with Crippen molar-refractivity contribution in [3.8, 4) is 0 Å². The third kappa shape index (κ3) is 3.22. The van der Waals surface area contributed by atoms with E-state index in [1.54, 1.807) is 6.92 Å². The fraction of sp³-hybridized carbons (Fsp3) is 0.500. The summed E-state index contributed by atoms with van der Waals surface area (Å²) >= 11 is 0. The molecule has 3 heteroatoms. The molecule has 2 rings (SSSR count). The Balaban J connectivity index is 2.20. The number of esters is 1. The van der Waals surface area contributed by atoms with E-state index in [4.69, 9.17) is 4.74 Å². The van der Waals surface area contributed by atoms with Crippen LogP contribution in [0.15, 0.2) is 30.3 Å². The van der Waals surface area contributed by atoms with E-state index in [9.17, 15) is 9.59 Å². The molecule has 2 unspecified atom stereocenters. The third-order valence-corrected chi connectivity index (χ3v) is 3.70. The molecule has 0 N–H and O–H groups in total. The van der Waals surface area contributed by atoms with Crippen molar-refractivity contribution < 1.29 is 14.3 Å². The van der Waals surface area contributed by atoms with Crippen molar-refractivity contribution in [3.63, 3.8) is 0 Å². The Morgan fingerprint density at radius 1 is 1.21 bits per heavy atom. The minimum absolute atomic E-state index is 0.0298. The molecule has 0 amide bonds. The van der Waals surface area contributed by atoms with Gasteiger partial charge < -0.3 is 4.74 Å². The van der Waals surface area contributed by atoms with Gasteiger partial charge in [0.1, 0.15) is 5.92 Å². The molecule has 19 heavy (non-hydrogen) atoms. The Morgan fingerprint density at radius 2 is 1.89 bits per heavy atom. The number of ketones is 1. The fourth-order valence-corrected chi connectivity index (χ4v) is 2.72. The summed E-state index contributed by atoms with van der Waals surface area (Å²) in [6.07, 6.45) is 3.36. The summed E-state index contributed by atoms with van der Waals surface area (Å²) in [7, 11) is 0. The van der Waals surface area contributed by atoms with Gasteiger partial charge in [0.05, 0.1) is 6.61 Å². The second-order valence-corrected chi connectivity index (χ2v) is 4.95. The Morgan fingerprint density at radius 3 is 2.58 bits per heavy atom. The number of hydrogen-bond donors (Lipinski definition) is 0. The molecular formula is C16H20O3. The van der Waals surface area contributed by atoms with Gasteiger partial charge in [0.15, 0.2) is 5.78 Å². The van der Waals surface area contributed by atoms with Gasteiger partial charge in [0, 0.05) is 5.92 Å². The van der Waals surface area contributed by atoms with Gasteiger partial charge in [-0.15, -0.1) is 0 Å². The van der Waals surface area contributed by atoms with Gasteiger partial charge in [-0.05, 0) is 25.3 Å².